The van der Waals surface area contributed by atoms with Crippen LogP contribution in [0, 0.1) is 0 Å². The van der Waals surface area contributed by atoms with Gasteiger partial charge in [-0.1, -0.05) is 46.9 Å². The number of hydrogen-bond donors (Lipinski definition) is 1. The third-order valence-electron chi connectivity index (χ3n) is 3.45. The van der Waals surface area contributed by atoms with Gasteiger partial charge < -0.3 is 4.98 Å². The summed E-state index contributed by atoms with van der Waals surface area (Å²) in [5.74, 6) is 0.673. The van der Waals surface area contributed by atoms with Gasteiger partial charge in [0.1, 0.15) is 11.0 Å². The molecule has 0 atom stereocenters. The molecule has 0 aliphatic carbocycles. The van der Waals surface area contributed by atoms with Gasteiger partial charge in [-0.2, -0.15) is 0 Å². The number of nitrogens with one attached hydrogen (secondary N) is 1. The van der Waals surface area contributed by atoms with Gasteiger partial charge in [0.15, 0.2) is 0 Å². The van der Waals surface area contributed by atoms with Crippen molar-refractivity contribution in [2.45, 2.75) is 0 Å². The summed E-state index contributed by atoms with van der Waals surface area (Å²) in [4.78, 5) is 12.2. The van der Waals surface area contributed by atoms with Crippen LogP contribution in [0.25, 0.3) is 33.3 Å². The van der Waals surface area contributed by atoms with E-state index < -0.39 is 0 Å². The number of para-hydroxylation sites is 2. The second-order valence-electron chi connectivity index (χ2n) is 4.89. The Morgan fingerprint density at radius 1 is 0.818 bits per heavy atom. The third-order valence-corrected chi connectivity index (χ3v) is 4.47. The highest BCUT2D eigenvalue weighted by Gasteiger charge is 2.12. The summed E-state index contributed by atoms with van der Waals surface area (Å²) in [6.07, 6.45) is 0. The molecule has 0 saturated carbocycles. The molecule has 6 heteroatoms. The zero-order chi connectivity index (χ0) is 15.3. The smallest absolute Gasteiger partial charge is 0.141 e. The minimum atomic E-state index is 0.366. The fraction of sp³-hybridized carbons (Fsp3) is 0. The van der Waals surface area contributed by atoms with Crippen LogP contribution in [-0.2, 0) is 0 Å². The minimum absolute atomic E-state index is 0.366. The average Bonchev–Trinajstić information content (AvgIpc) is 2.92. The van der Waals surface area contributed by atoms with Crippen LogP contribution >= 0.6 is 34.8 Å². The fourth-order valence-electron chi connectivity index (χ4n) is 2.39. The summed E-state index contributed by atoms with van der Waals surface area (Å²) in [6, 6.07) is 13.2. The van der Waals surface area contributed by atoms with Crippen molar-refractivity contribution in [3.8, 4) is 11.4 Å². The van der Waals surface area contributed by atoms with Crippen LogP contribution in [0.3, 0.4) is 0 Å². The van der Waals surface area contributed by atoms with E-state index in [0.717, 1.165) is 22.0 Å². The summed E-state index contributed by atoms with van der Waals surface area (Å²) in [6.45, 7) is 0. The molecular formula is C16H8Cl3N3. The Labute approximate surface area is 140 Å². The molecule has 2 aromatic heterocycles. The van der Waals surface area contributed by atoms with Crippen molar-refractivity contribution in [2.24, 2.45) is 0 Å². The summed E-state index contributed by atoms with van der Waals surface area (Å²) < 4.78 is 0. The number of H-pyrrole nitrogens is 1. The number of aromatic amines is 1. The summed E-state index contributed by atoms with van der Waals surface area (Å²) in [7, 11) is 0. The predicted octanol–water partition coefficient (Wildman–Crippen LogP) is 5.74. The monoisotopic (exact) mass is 347 g/mol. The highest BCUT2D eigenvalue weighted by molar-refractivity contribution is 6.42. The lowest BCUT2D eigenvalue weighted by molar-refractivity contribution is 1.31. The molecule has 0 bridgehead atoms. The van der Waals surface area contributed by atoms with E-state index in [1.54, 1.807) is 12.1 Å². The van der Waals surface area contributed by atoms with E-state index >= 15 is 0 Å². The van der Waals surface area contributed by atoms with Crippen molar-refractivity contribution in [3.05, 3.63) is 57.7 Å². The first-order chi connectivity index (χ1) is 10.6. The topological polar surface area (TPSA) is 41.6 Å². The van der Waals surface area contributed by atoms with Crippen LogP contribution in [0.15, 0.2) is 42.5 Å². The van der Waals surface area contributed by atoms with Gasteiger partial charge in [-0.05, 0) is 30.3 Å². The molecule has 0 amide bonds. The molecule has 0 aliphatic rings. The van der Waals surface area contributed by atoms with Crippen LogP contribution in [0.1, 0.15) is 0 Å². The molecule has 0 fully saturated rings. The van der Waals surface area contributed by atoms with Crippen molar-refractivity contribution < 1.29 is 0 Å². The zero-order valence-corrected chi connectivity index (χ0v) is 13.3. The van der Waals surface area contributed by atoms with Gasteiger partial charge in [-0.3, -0.25) is 0 Å². The van der Waals surface area contributed by atoms with Gasteiger partial charge in [0.05, 0.1) is 32.2 Å². The van der Waals surface area contributed by atoms with Crippen LogP contribution in [0.4, 0.5) is 0 Å². The second kappa shape index (κ2) is 5.13. The molecule has 4 aromatic rings. The molecule has 0 radical (unpaired) electrons. The van der Waals surface area contributed by atoms with E-state index in [1.165, 1.54) is 0 Å². The van der Waals surface area contributed by atoms with Gasteiger partial charge in [0.2, 0.25) is 0 Å². The molecule has 2 heterocycles. The molecular weight excluding hydrogens is 341 g/mol. The first kappa shape index (κ1) is 13.8. The van der Waals surface area contributed by atoms with Crippen LogP contribution in [-0.4, -0.2) is 15.0 Å². The first-order valence-corrected chi connectivity index (χ1v) is 7.65. The Morgan fingerprint density at radius 3 is 2.41 bits per heavy atom. The molecule has 108 valence electrons. The van der Waals surface area contributed by atoms with Gasteiger partial charge >= 0.3 is 0 Å². The van der Waals surface area contributed by atoms with Crippen molar-refractivity contribution in [1.29, 1.82) is 0 Å². The molecule has 0 spiro atoms. The van der Waals surface area contributed by atoms with Crippen molar-refractivity contribution in [1.82, 2.24) is 15.0 Å². The van der Waals surface area contributed by atoms with Crippen LogP contribution in [0.5, 0.6) is 0 Å². The normalized spacial score (nSPS) is 11.4. The molecule has 3 nitrogen and oxygen atoms in total. The molecule has 0 saturated heterocycles. The van der Waals surface area contributed by atoms with Gasteiger partial charge in [0.25, 0.3) is 0 Å². The maximum absolute atomic E-state index is 6.31. The summed E-state index contributed by atoms with van der Waals surface area (Å²) in [5, 5.41) is 2.15. The number of halogens is 3. The Balaban J connectivity index is 1.97. The van der Waals surface area contributed by atoms with Crippen LogP contribution < -0.4 is 0 Å². The number of hydrogen-bond acceptors (Lipinski definition) is 2. The third kappa shape index (κ3) is 2.22. The molecule has 22 heavy (non-hydrogen) atoms. The lowest BCUT2D eigenvalue weighted by Gasteiger charge is -2.05. The largest absolute Gasteiger partial charge is 0.338 e. The summed E-state index contributed by atoms with van der Waals surface area (Å²) >= 11 is 18.4. The molecule has 0 unspecified atom stereocenters. The Bertz CT molecular complexity index is 991. The van der Waals surface area contributed by atoms with E-state index in [4.69, 9.17) is 34.8 Å². The van der Waals surface area contributed by atoms with Gasteiger partial charge in [0, 0.05) is 5.39 Å². The highest BCUT2D eigenvalue weighted by Crippen LogP contribution is 2.33. The number of nitrogens with zero attached hydrogens (tertiary/aromatic N) is 2. The van der Waals surface area contributed by atoms with E-state index in [0.29, 0.717) is 26.5 Å². The predicted molar refractivity (Wildman–Crippen MR) is 91.9 cm³/mol. The molecule has 2 aromatic carbocycles. The SMILES string of the molecule is Clc1cc2cc(-c3nc4ccccc4[nH]3)c(Cl)nc2cc1Cl. The number of rotatable bonds is 1. The van der Waals surface area contributed by atoms with Crippen molar-refractivity contribution >= 4 is 56.7 Å². The molecule has 4 rings (SSSR count). The number of fused-ring (bicyclic) bond motifs is 2. The lowest BCUT2D eigenvalue weighted by Crippen LogP contribution is -1.88. The highest BCUT2D eigenvalue weighted by atomic mass is 35.5. The second-order valence-corrected chi connectivity index (χ2v) is 6.06. The maximum Gasteiger partial charge on any atom is 0.141 e. The van der Waals surface area contributed by atoms with Gasteiger partial charge in [-0.25, -0.2) is 9.97 Å². The first-order valence-electron chi connectivity index (χ1n) is 6.52. The van der Waals surface area contributed by atoms with E-state index in [2.05, 4.69) is 15.0 Å². The fourth-order valence-corrected chi connectivity index (χ4v) is 2.96. The van der Waals surface area contributed by atoms with E-state index in [1.807, 2.05) is 30.3 Å². The van der Waals surface area contributed by atoms with E-state index in [-0.39, 0.29) is 0 Å². The Morgan fingerprint density at radius 2 is 1.59 bits per heavy atom. The van der Waals surface area contributed by atoms with Crippen molar-refractivity contribution in [3.63, 3.8) is 0 Å². The van der Waals surface area contributed by atoms with Gasteiger partial charge in [-0.15, -0.1) is 0 Å². The Kier molecular flexibility index (Phi) is 3.22. The maximum atomic E-state index is 6.31. The quantitative estimate of drug-likeness (QED) is 0.446. The molecule has 1 N–H and O–H groups in total. The molecule has 0 aliphatic heterocycles. The number of aromatic nitrogens is 3. The number of pyridine rings is 1. The van der Waals surface area contributed by atoms with Crippen LogP contribution in [0.2, 0.25) is 15.2 Å². The average molecular weight is 349 g/mol. The van der Waals surface area contributed by atoms with Crippen molar-refractivity contribution in [2.75, 3.05) is 0 Å². The zero-order valence-electron chi connectivity index (χ0n) is 11.1. The minimum Gasteiger partial charge on any atom is -0.338 e. The standard InChI is InChI=1S/C16H8Cl3N3/c17-10-6-8-5-9(15(19)20-14(8)7-11(10)18)16-21-12-3-1-2-4-13(12)22-16/h1-7H,(H,21,22). The van der Waals surface area contributed by atoms with E-state index in [9.17, 15) is 0 Å². The summed E-state index contributed by atoms with van der Waals surface area (Å²) in [5.41, 5.74) is 3.24. The number of imidazole rings is 1. The Hall–Kier alpha value is -1.81. The number of benzene rings is 2. The lowest BCUT2D eigenvalue weighted by atomic mass is 10.1.